The summed E-state index contributed by atoms with van der Waals surface area (Å²) in [5.74, 6) is 3.97. The number of hydrogen-bond donors (Lipinski definition) is 1. The number of hydrogen-bond acceptors (Lipinski definition) is 6. The predicted octanol–water partition coefficient (Wildman–Crippen LogP) is 0.840. The summed E-state index contributed by atoms with van der Waals surface area (Å²) in [6, 6.07) is 2.00. The van der Waals surface area contributed by atoms with Gasteiger partial charge in [-0.05, 0) is 14.6 Å². The van der Waals surface area contributed by atoms with Gasteiger partial charge in [-0.15, -0.1) is 0 Å². The molecule has 0 spiro atoms. The van der Waals surface area contributed by atoms with E-state index in [2.05, 4.69) is 18.9 Å². The van der Waals surface area contributed by atoms with Crippen LogP contribution in [0.3, 0.4) is 0 Å². The number of rotatable bonds is 2. The van der Waals surface area contributed by atoms with Crippen LogP contribution in [0, 0.1) is 5.82 Å². The maximum absolute atomic E-state index is 13.1. The van der Waals surface area contributed by atoms with Crippen molar-refractivity contribution in [2.75, 3.05) is 0 Å². The van der Waals surface area contributed by atoms with Crippen LogP contribution in [0.25, 0.3) is 11.0 Å². The first-order chi connectivity index (χ1) is 7.06. The highest BCUT2D eigenvalue weighted by molar-refractivity contribution is 7.93. The molecule has 0 saturated heterocycles. The number of halogens is 1. The summed E-state index contributed by atoms with van der Waals surface area (Å²) in [4.78, 5) is -0.296. The fourth-order valence-electron chi connectivity index (χ4n) is 1.07. The summed E-state index contributed by atoms with van der Waals surface area (Å²) >= 11 is 0.707. The van der Waals surface area contributed by atoms with Gasteiger partial charge in [0.1, 0.15) is 5.52 Å². The summed E-state index contributed by atoms with van der Waals surface area (Å²) in [7, 11) is -4.10. The Morgan fingerprint density at radius 3 is 2.73 bits per heavy atom. The van der Waals surface area contributed by atoms with Gasteiger partial charge in [0.05, 0.1) is 16.3 Å². The largest absolute Gasteiger partial charge is 0.449 e. The summed E-state index contributed by atoms with van der Waals surface area (Å²) in [6.45, 7) is 0. The first-order valence-corrected chi connectivity index (χ1v) is 5.74. The zero-order chi connectivity index (χ0) is 11.1. The molecule has 0 aliphatic carbocycles. The lowest BCUT2D eigenvalue weighted by Gasteiger charge is -1.96. The summed E-state index contributed by atoms with van der Waals surface area (Å²) in [5, 5.41) is 0. The van der Waals surface area contributed by atoms with Crippen molar-refractivity contribution in [3.63, 3.8) is 0 Å². The van der Waals surface area contributed by atoms with Gasteiger partial charge in [0.15, 0.2) is 11.3 Å². The summed E-state index contributed by atoms with van der Waals surface area (Å²) in [5.41, 5.74) is -0.191. The molecule has 1 aromatic carbocycles. The minimum Gasteiger partial charge on any atom is -0.204 e. The van der Waals surface area contributed by atoms with Crippen molar-refractivity contribution in [1.82, 2.24) is 8.75 Å². The van der Waals surface area contributed by atoms with E-state index in [-0.39, 0.29) is 15.9 Å². The molecule has 1 radical (unpaired) electrons. The van der Waals surface area contributed by atoms with E-state index in [0.717, 1.165) is 12.1 Å². The molecule has 15 heavy (non-hydrogen) atoms. The summed E-state index contributed by atoms with van der Waals surface area (Å²) < 4.78 is 46.8. The minimum absolute atomic E-state index is 0.0783. The molecule has 1 heterocycles. The second-order valence-electron chi connectivity index (χ2n) is 2.56. The highest BCUT2D eigenvalue weighted by Gasteiger charge is 2.38. The topological polar surface area (TPSA) is 98.0 Å². The third-order valence-corrected chi connectivity index (χ3v) is 3.38. The molecule has 2 rings (SSSR count). The molecule has 2 N–H and O–H groups in total. The molecule has 9 heteroatoms. The number of fused-ring (bicyclic) bond motifs is 1. The van der Waals surface area contributed by atoms with Gasteiger partial charge in [-0.3, -0.25) is 0 Å². The fraction of sp³-hybridized carbons (Fsp3) is 0. The van der Waals surface area contributed by atoms with Gasteiger partial charge in [-0.1, -0.05) is 0 Å². The Hall–Kier alpha value is -1.00. The molecule has 79 valence electrons. The Labute approximate surface area is 88.6 Å². The van der Waals surface area contributed by atoms with Crippen LogP contribution >= 0.6 is 11.7 Å². The van der Waals surface area contributed by atoms with Gasteiger partial charge in [-0.2, -0.15) is 14.6 Å². The van der Waals surface area contributed by atoms with Crippen molar-refractivity contribution in [3.8, 4) is 0 Å². The maximum Gasteiger partial charge on any atom is 0.449 e. The number of nitrogens with zero attached hydrogens (tertiary/aromatic N) is 2. The molecular weight excluding hydrogens is 245 g/mol. The van der Waals surface area contributed by atoms with E-state index in [0.29, 0.717) is 11.7 Å². The third kappa shape index (κ3) is 1.64. The van der Waals surface area contributed by atoms with Crippen molar-refractivity contribution in [2.45, 2.75) is 4.90 Å². The molecule has 1 atom stereocenters. The second-order valence-corrected chi connectivity index (χ2v) is 4.63. The molecule has 0 bridgehead atoms. The van der Waals surface area contributed by atoms with E-state index in [4.69, 9.17) is 0 Å². The van der Waals surface area contributed by atoms with Crippen molar-refractivity contribution in [3.05, 3.63) is 17.9 Å². The molecule has 0 saturated carbocycles. The molecule has 0 aliphatic rings. The predicted molar refractivity (Wildman–Crippen MR) is 49.6 cm³/mol. The van der Waals surface area contributed by atoms with Crippen LogP contribution in [-0.2, 0) is 23.5 Å². The molecule has 6 nitrogen and oxygen atoms in total. The van der Waals surface area contributed by atoms with Gasteiger partial charge in [0.2, 0.25) is 0 Å². The van der Waals surface area contributed by atoms with Crippen LogP contribution in [0.5, 0.6) is 0 Å². The number of nitrogens with two attached hydrogens (primary N) is 1. The van der Waals surface area contributed by atoms with E-state index in [1.807, 2.05) is 0 Å². The quantitative estimate of drug-likeness (QED) is 0.628. The maximum atomic E-state index is 13.1. The van der Waals surface area contributed by atoms with Crippen molar-refractivity contribution in [1.29, 1.82) is 0 Å². The van der Waals surface area contributed by atoms with Crippen molar-refractivity contribution >= 4 is 33.3 Å². The van der Waals surface area contributed by atoms with Gasteiger partial charge in [-0.25, -0.2) is 4.39 Å². The fourth-order valence-corrected chi connectivity index (χ4v) is 2.41. The Morgan fingerprint density at radius 2 is 2.07 bits per heavy atom. The highest BCUT2D eigenvalue weighted by Crippen LogP contribution is 2.27. The minimum atomic E-state index is -4.10. The van der Waals surface area contributed by atoms with Crippen LogP contribution in [0.2, 0.25) is 0 Å². The summed E-state index contributed by atoms with van der Waals surface area (Å²) in [6.07, 6.45) is 0. The molecule has 1 aromatic heterocycles. The van der Waals surface area contributed by atoms with E-state index in [9.17, 15) is 13.2 Å². The third-order valence-electron chi connectivity index (χ3n) is 1.73. The first-order valence-electron chi connectivity index (χ1n) is 3.60. The zero-order valence-electron chi connectivity index (χ0n) is 7.05. The molecular formula is C6H4FN3O3S2+. The Morgan fingerprint density at radius 1 is 1.40 bits per heavy atom. The molecule has 1 unspecified atom stereocenters. The van der Waals surface area contributed by atoms with Crippen LogP contribution in [0.1, 0.15) is 0 Å². The molecule has 0 aliphatic heterocycles. The van der Waals surface area contributed by atoms with Crippen LogP contribution in [-0.4, -0.2) is 8.75 Å². The first kappa shape index (κ1) is 10.5. The lowest BCUT2D eigenvalue weighted by molar-refractivity contribution is 0.262. The number of aromatic nitrogens is 2. The van der Waals surface area contributed by atoms with E-state index >= 15 is 0 Å². The Balaban J connectivity index is 2.78. The van der Waals surface area contributed by atoms with Gasteiger partial charge >= 0.3 is 10.5 Å². The van der Waals surface area contributed by atoms with Crippen LogP contribution < -0.4 is 5.90 Å². The van der Waals surface area contributed by atoms with Crippen molar-refractivity contribution in [2.24, 2.45) is 5.90 Å². The highest BCUT2D eigenvalue weighted by atomic mass is 32.3. The lowest BCUT2D eigenvalue weighted by atomic mass is 10.3. The van der Waals surface area contributed by atoms with Gasteiger partial charge in [0.25, 0.3) is 4.90 Å². The molecule has 0 fully saturated rings. The van der Waals surface area contributed by atoms with E-state index in [1.165, 1.54) is 0 Å². The van der Waals surface area contributed by atoms with E-state index < -0.39 is 16.3 Å². The second kappa shape index (κ2) is 3.54. The van der Waals surface area contributed by atoms with Gasteiger partial charge in [0, 0.05) is 6.07 Å². The van der Waals surface area contributed by atoms with Crippen LogP contribution in [0.4, 0.5) is 4.39 Å². The zero-order valence-corrected chi connectivity index (χ0v) is 8.68. The molecule has 2 aromatic rings. The average Bonchev–Trinajstić information content (AvgIpc) is 2.67. The van der Waals surface area contributed by atoms with E-state index in [1.54, 1.807) is 0 Å². The monoisotopic (exact) mass is 249 g/mol. The average molecular weight is 249 g/mol. The van der Waals surface area contributed by atoms with Crippen LogP contribution in [0.15, 0.2) is 17.0 Å². The van der Waals surface area contributed by atoms with Gasteiger partial charge < -0.3 is 0 Å². The smallest absolute Gasteiger partial charge is 0.204 e. The van der Waals surface area contributed by atoms with Crippen molar-refractivity contribution < 1.29 is 17.4 Å². The number of benzene rings is 1. The lowest BCUT2D eigenvalue weighted by Crippen LogP contribution is -2.17. The Bertz CT molecular complexity index is 558. The molecule has 0 amide bonds. The normalized spacial score (nSPS) is 15.4. The standard InChI is InChI=1S/C6H4FN3O3S2/c7-3-1-2-4(15(11,12)13-8)6-5(3)9-14-10-6/h1-2H,8H2/q+1. The SMILES string of the molecule is NO[S+]([O])(=O)c1ccc(F)c2nsnc12. The Kier molecular flexibility index (Phi) is 2.48.